The maximum atomic E-state index is 14.5. The average Bonchev–Trinajstić information content (AvgIpc) is 3.22. The third kappa shape index (κ3) is 3.48. The molecule has 1 aliphatic heterocycles. The monoisotopic (exact) mass is 386 g/mol. The zero-order valence-corrected chi connectivity index (χ0v) is 15.5. The minimum Gasteiger partial charge on any atom is -0.377 e. The maximum absolute atomic E-state index is 14.5. The van der Waals surface area contributed by atoms with E-state index in [1.807, 2.05) is 12.1 Å². The highest BCUT2D eigenvalue weighted by atomic mass is 19.3. The summed E-state index contributed by atoms with van der Waals surface area (Å²) < 4.78 is 40.5. The van der Waals surface area contributed by atoms with Crippen molar-refractivity contribution in [3.8, 4) is 0 Å². The number of fused-ring (bicyclic) bond motifs is 1. The Morgan fingerprint density at radius 2 is 1.82 bits per heavy atom. The van der Waals surface area contributed by atoms with Crippen LogP contribution < -0.4 is 10.2 Å². The number of nitrogens with zero attached hydrogens (tertiary/aromatic N) is 3. The molecule has 1 fully saturated rings. The van der Waals surface area contributed by atoms with Gasteiger partial charge in [-0.15, -0.1) is 0 Å². The lowest BCUT2D eigenvalue weighted by molar-refractivity contribution is 0.146. The first-order valence-electron chi connectivity index (χ1n) is 9.38. The summed E-state index contributed by atoms with van der Waals surface area (Å²) in [6.07, 6.45) is 1.09. The molecule has 0 spiro atoms. The van der Waals surface area contributed by atoms with E-state index >= 15 is 0 Å². The lowest BCUT2D eigenvalue weighted by Crippen LogP contribution is -2.17. The van der Waals surface area contributed by atoms with Crippen molar-refractivity contribution in [1.29, 1.82) is 0 Å². The van der Waals surface area contributed by atoms with Crippen LogP contribution in [0, 0.1) is 5.82 Å². The molecule has 1 N–H and O–H groups in total. The van der Waals surface area contributed by atoms with E-state index in [4.69, 9.17) is 0 Å². The van der Waals surface area contributed by atoms with E-state index in [-0.39, 0.29) is 5.56 Å². The lowest BCUT2D eigenvalue weighted by atomic mass is 10.0. The number of alkyl halides is 2. The van der Waals surface area contributed by atoms with Gasteiger partial charge in [0.1, 0.15) is 5.82 Å². The molecule has 0 unspecified atom stereocenters. The van der Waals surface area contributed by atoms with Gasteiger partial charge in [-0.2, -0.15) is 10.2 Å². The van der Waals surface area contributed by atoms with Crippen molar-refractivity contribution in [2.45, 2.75) is 32.2 Å². The first-order chi connectivity index (χ1) is 13.5. The van der Waals surface area contributed by atoms with Gasteiger partial charge in [-0.3, -0.25) is 0 Å². The molecule has 0 radical (unpaired) electrons. The number of aromatic nitrogens is 2. The Morgan fingerprint density at radius 3 is 2.57 bits per heavy atom. The highest BCUT2D eigenvalue weighted by Gasteiger charge is 2.20. The lowest BCUT2D eigenvalue weighted by Gasteiger charge is -2.20. The Labute approximate surface area is 161 Å². The van der Waals surface area contributed by atoms with Gasteiger partial charge in [0.15, 0.2) is 0 Å². The predicted octanol–water partition coefficient (Wildman–Crippen LogP) is 5.48. The molecule has 28 heavy (non-hydrogen) atoms. The Balaban J connectivity index is 1.67. The standard InChI is InChI=1S/C21H21F3N4/c1-13(15-5-4-6-16(20(15)22)21(23)24)26-19-12-25-27-18-8-7-14(11-17(18)19)28-9-2-3-10-28/h4-8,11-13,21H,2-3,9-10H2,1H3,(H,26,27)/t13-/m1/s1. The fraction of sp³-hybridized carbons (Fsp3) is 0.333. The predicted molar refractivity (Wildman–Crippen MR) is 104 cm³/mol. The number of nitrogens with one attached hydrogen (secondary N) is 1. The molecule has 1 aromatic heterocycles. The van der Waals surface area contributed by atoms with Crippen LogP contribution in [-0.2, 0) is 0 Å². The van der Waals surface area contributed by atoms with E-state index in [1.165, 1.54) is 25.0 Å². The fourth-order valence-corrected chi connectivity index (χ4v) is 3.71. The first kappa shape index (κ1) is 18.5. The van der Waals surface area contributed by atoms with E-state index in [1.54, 1.807) is 13.1 Å². The molecule has 0 bridgehead atoms. The van der Waals surface area contributed by atoms with Gasteiger partial charge in [0.25, 0.3) is 6.43 Å². The third-order valence-corrected chi connectivity index (χ3v) is 5.23. The molecule has 4 rings (SSSR count). The molecule has 1 atom stereocenters. The number of halogens is 3. The van der Waals surface area contributed by atoms with Gasteiger partial charge in [-0.25, -0.2) is 13.2 Å². The molecule has 1 aliphatic rings. The largest absolute Gasteiger partial charge is 0.377 e. The quantitative estimate of drug-likeness (QED) is 0.630. The van der Waals surface area contributed by atoms with E-state index < -0.39 is 23.8 Å². The second-order valence-corrected chi connectivity index (χ2v) is 7.07. The average molecular weight is 386 g/mol. The van der Waals surface area contributed by atoms with Crippen molar-refractivity contribution >= 4 is 22.3 Å². The van der Waals surface area contributed by atoms with Gasteiger partial charge in [0, 0.05) is 29.7 Å². The van der Waals surface area contributed by atoms with Crippen LogP contribution in [0.1, 0.15) is 43.4 Å². The summed E-state index contributed by atoms with van der Waals surface area (Å²) in [5, 5.41) is 12.3. The number of anilines is 2. The second-order valence-electron chi connectivity index (χ2n) is 7.07. The van der Waals surface area contributed by atoms with Gasteiger partial charge in [0.05, 0.1) is 29.0 Å². The molecule has 146 valence electrons. The van der Waals surface area contributed by atoms with Crippen molar-refractivity contribution in [1.82, 2.24) is 10.2 Å². The summed E-state index contributed by atoms with van der Waals surface area (Å²) in [5.74, 6) is -0.874. The van der Waals surface area contributed by atoms with E-state index in [2.05, 4.69) is 26.5 Å². The molecule has 0 aliphatic carbocycles. The summed E-state index contributed by atoms with van der Waals surface area (Å²) >= 11 is 0. The van der Waals surface area contributed by atoms with Gasteiger partial charge < -0.3 is 10.2 Å². The molecule has 2 aromatic carbocycles. The minimum atomic E-state index is -2.85. The van der Waals surface area contributed by atoms with Crippen LogP contribution in [0.25, 0.3) is 10.9 Å². The molecular weight excluding hydrogens is 365 g/mol. The highest BCUT2D eigenvalue weighted by molar-refractivity contribution is 5.93. The molecule has 0 amide bonds. The van der Waals surface area contributed by atoms with Crippen molar-refractivity contribution in [2.24, 2.45) is 0 Å². The van der Waals surface area contributed by atoms with E-state index in [0.717, 1.165) is 35.7 Å². The number of benzene rings is 2. The van der Waals surface area contributed by atoms with Crippen LogP contribution in [0.5, 0.6) is 0 Å². The van der Waals surface area contributed by atoms with E-state index in [9.17, 15) is 13.2 Å². The van der Waals surface area contributed by atoms with Gasteiger partial charge >= 0.3 is 0 Å². The minimum absolute atomic E-state index is 0.193. The van der Waals surface area contributed by atoms with Crippen molar-refractivity contribution in [3.63, 3.8) is 0 Å². The number of rotatable bonds is 5. The Kier molecular flexibility index (Phi) is 5.07. The van der Waals surface area contributed by atoms with E-state index in [0.29, 0.717) is 5.69 Å². The first-order valence-corrected chi connectivity index (χ1v) is 9.38. The van der Waals surface area contributed by atoms with Gasteiger partial charge in [-0.1, -0.05) is 18.2 Å². The molecule has 3 aromatic rings. The van der Waals surface area contributed by atoms with Crippen LogP contribution in [0.2, 0.25) is 0 Å². The summed E-state index contributed by atoms with van der Waals surface area (Å²) in [4.78, 5) is 2.32. The summed E-state index contributed by atoms with van der Waals surface area (Å²) in [7, 11) is 0. The summed E-state index contributed by atoms with van der Waals surface area (Å²) in [6.45, 7) is 3.79. The van der Waals surface area contributed by atoms with Crippen LogP contribution in [0.15, 0.2) is 42.6 Å². The molecule has 1 saturated heterocycles. The van der Waals surface area contributed by atoms with Gasteiger partial charge in [0.2, 0.25) is 0 Å². The fourth-order valence-electron chi connectivity index (χ4n) is 3.71. The smallest absolute Gasteiger partial charge is 0.266 e. The Morgan fingerprint density at radius 1 is 1.07 bits per heavy atom. The molecule has 7 heteroatoms. The summed E-state index contributed by atoms with van der Waals surface area (Å²) in [5.41, 5.74) is 2.14. The molecular formula is C21H21F3N4. The maximum Gasteiger partial charge on any atom is 0.266 e. The zero-order chi connectivity index (χ0) is 19.7. The van der Waals surface area contributed by atoms with Crippen LogP contribution in [-0.4, -0.2) is 23.3 Å². The number of hydrogen-bond donors (Lipinski definition) is 1. The third-order valence-electron chi connectivity index (χ3n) is 5.23. The Hall–Kier alpha value is -2.83. The van der Waals surface area contributed by atoms with Crippen molar-refractivity contribution < 1.29 is 13.2 Å². The SMILES string of the molecule is C[C@@H](Nc1cnnc2ccc(N3CCCC3)cc12)c1cccc(C(F)F)c1F. The van der Waals surface area contributed by atoms with Crippen LogP contribution in [0.3, 0.4) is 0 Å². The van der Waals surface area contributed by atoms with Gasteiger partial charge in [-0.05, 0) is 38.0 Å². The molecule has 4 nitrogen and oxygen atoms in total. The number of hydrogen-bond acceptors (Lipinski definition) is 4. The molecule has 0 saturated carbocycles. The molecule has 2 heterocycles. The highest BCUT2D eigenvalue weighted by Crippen LogP contribution is 2.32. The van der Waals surface area contributed by atoms with Crippen molar-refractivity contribution in [3.05, 3.63) is 59.5 Å². The topological polar surface area (TPSA) is 41.1 Å². The van der Waals surface area contributed by atoms with Crippen molar-refractivity contribution in [2.75, 3.05) is 23.3 Å². The second kappa shape index (κ2) is 7.66. The normalized spacial score (nSPS) is 15.4. The summed E-state index contributed by atoms with van der Waals surface area (Å²) in [6, 6.07) is 9.57. The Bertz CT molecular complexity index is 987. The van der Waals surface area contributed by atoms with Crippen LogP contribution in [0.4, 0.5) is 24.5 Å². The zero-order valence-electron chi connectivity index (χ0n) is 15.5. The van der Waals surface area contributed by atoms with Crippen LogP contribution >= 0.6 is 0 Å².